The predicted octanol–water partition coefficient (Wildman–Crippen LogP) is 3.36. The molecule has 0 aromatic carbocycles. The molecule has 1 N–H and O–H groups in total. The molecule has 1 rings (SSSR count). The van der Waals surface area contributed by atoms with Gasteiger partial charge < -0.3 is 5.11 Å². The Hall–Kier alpha value is -0.0400. The van der Waals surface area contributed by atoms with E-state index in [1.165, 1.54) is 25.7 Å². The summed E-state index contributed by atoms with van der Waals surface area (Å²) in [4.78, 5) is 0. The van der Waals surface area contributed by atoms with Crippen LogP contribution in [-0.2, 0) is 0 Å². The van der Waals surface area contributed by atoms with Crippen LogP contribution < -0.4 is 0 Å². The Kier molecular flexibility index (Phi) is 3.78. The van der Waals surface area contributed by atoms with Crippen molar-refractivity contribution in [1.29, 1.82) is 0 Å². The van der Waals surface area contributed by atoms with E-state index in [1.807, 2.05) is 0 Å². The van der Waals surface area contributed by atoms with Gasteiger partial charge in [0.25, 0.3) is 0 Å². The standard InChI is InChI=1S/C12H24O/c1-4-7-10(3)11-8-6-9-12(11,13)5-2/h10-11,13H,4-9H2,1-3H3. The smallest absolute Gasteiger partial charge is 0.0675 e. The highest BCUT2D eigenvalue weighted by Gasteiger charge is 2.41. The van der Waals surface area contributed by atoms with Gasteiger partial charge in [0, 0.05) is 0 Å². The van der Waals surface area contributed by atoms with Crippen molar-refractivity contribution in [3.63, 3.8) is 0 Å². The van der Waals surface area contributed by atoms with Crippen LogP contribution in [0.25, 0.3) is 0 Å². The normalized spacial score (nSPS) is 36.5. The molecule has 0 radical (unpaired) electrons. The molecule has 78 valence electrons. The average molecular weight is 184 g/mol. The van der Waals surface area contributed by atoms with Gasteiger partial charge in [-0.2, -0.15) is 0 Å². The first-order valence-electron chi connectivity index (χ1n) is 5.86. The Morgan fingerprint density at radius 3 is 2.69 bits per heavy atom. The maximum absolute atomic E-state index is 10.4. The van der Waals surface area contributed by atoms with Gasteiger partial charge in [-0.25, -0.2) is 0 Å². The summed E-state index contributed by atoms with van der Waals surface area (Å²) in [7, 11) is 0. The minimum Gasteiger partial charge on any atom is -0.390 e. The summed E-state index contributed by atoms with van der Waals surface area (Å²) in [6.07, 6.45) is 6.95. The molecule has 0 aromatic heterocycles. The van der Waals surface area contributed by atoms with Crippen molar-refractivity contribution >= 4 is 0 Å². The highest BCUT2D eigenvalue weighted by molar-refractivity contribution is 4.93. The summed E-state index contributed by atoms with van der Waals surface area (Å²) in [5, 5.41) is 10.4. The zero-order chi connectivity index (χ0) is 9.90. The van der Waals surface area contributed by atoms with Gasteiger partial charge in [-0.3, -0.25) is 0 Å². The zero-order valence-corrected chi connectivity index (χ0v) is 9.34. The predicted molar refractivity (Wildman–Crippen MR) is 56.7 cm³/mol. The second kappa shape index (κ2) is 4.45. The Balaban J connectivity index is 2.57. The lowest BCUT2D eigenvalue weighted by molar-refractivity contribution is -0.0225. The number of hydrogen-bond acceptors (Lipinski definition) is 1. The highest BCUT2D eigenvalue weighted by Crippen LogP contribution is 2.43. The van der Waals surface area contributed by atoms with Crippen LogP contribution in [0.5, 0.6) is 0 Å². The van der Waals surface area contributed by atoms with Crippen molar-refractivity contribution < 1.29 is 5.11 Å². The van der Waals surface area contributed by atoms with Crippen LogP contribution in [0, 0.1) is 11.8 Å². The summed E-state index contributed by atoms with van der Waals surface area (Å²) < 4.78 is 0. The van der Waals surface area contributed by atoms with Gasteiger partial charge in [-0.05, 0) is 31.1 Å². The Labute approximate surface area is 82.5 Å². The van der Waals surface area contributed by atoms with E-state index in [1.54, 1.807) is 0 Å². The fourth-order valence-corrected chi connectivity index (χ4v) is 2.99. The van der Waals surface area contributed by atoms with E-state index in [-0.39, 0.29) is 5.60 Å². The third-order valence-corrected chi connectivity index (χ3v) is 3.86. The summed E-state index contributed by atoms with van der Waals surface area (Å²) in [6.45, 7) is 6.66. The molecule has 1 fully saturated rings. The first-order valence-corrected chi connectivity index (χ1v) is 5.86. The van der Waals surface area contributed by atoms with Gasteiger partial charge in [-0.15, -0.1) is 0 Å². The fraction of sp³-hybridized carbons (Fsp3) is 1.00. The number of rotatable bonds is 4. The zero-order valence-electron chi connectivity index (χ0n) is 9.34. The van der Waals surface area contributed by atoms with E-state index in [0.29, 0.717) is 11.8 Å². The highest BCUT2D eigenvalue weighted by atomic mass is 16.3. The van der Waals surface area contributed by atoms with Crippen molar-refractivity contribution in [2.45, 2.75) is 64.9 Å². The van der Waals surface area contributed by atoms with Crippen molar-refractivity contribution in [3.8, 4) is 0 Å². The van der Waals surface area contributed by atoms with Gasteiger partial charge in [0.15, 0.2) is 0 Å². The van der Waals surface area contributed by atoms with Gasteiger partial charge in [-0.1, -0.05) is 40.0 Å². The minimum absolute atomic E-state index is 0.325. The molecule has 0 amide bonds. The van der Waals surface area contributed by atoms with Gasteiger partial charge in [0.05, 0.1) is 5.60 Å². The largest absolute Gasteiger partial charge is 0.390 e. The van der Waals surface area contributed by atoms with Crippen LogP contribution in [0.3, 0.4) is 0 Å². The molecule has 0 spiro atoms. The van der Waals surface area contributed by atoms with Crippen molar-refractivity contribution in [1.82, 2.24) is 0 Å². The van der Waals surface area contributed by atoms with Crippen molar-refractivity contribution in [3.05, 3.63) is 0 Å². The number of hydrogen-bond donors (Lipinski definition) is 1. The molecule has 3 unspecified atom stereocenters. The van der Waals surface area contributed by atoms with Crippen LogP contribution in [0.15, 0.2) is 0 Å². The molecule has 3 atom stereocenters. The third-order valence-electron chi connectivity index (χ3n) is 3.86. The molecule has 13 heavy (non-hydrogen) atoms. The first-order chi connectivity index (χ1) is 6.14. The molecule has 0 aliphatic heterocycles. The molecule has 0 bridgehead atoms. The molecular formula is C12H24O. The van der Waals surface area contributed by atoms with Crippen LogP contribution in [0.1, 0.15) is 59.3 Å². The molecule has 0 saturated heterocycles. The lowest BCUT2D eigenvalue weighted by atomic mass is 9.78. The van der Waals surface area contributed by atoms with Gasteiger partial charge >= 0.3 is 0 Å². The lowest BCUT2D eigenvalue weighted by Crippen LogP contribution is -2.35. The van der Waals surface area contributed by atoms with E-state index in [4.69, 9.17) is 0 Å². The molecule has 1 heteroatoms. The van der Waals surface area contributed by atoms with Crippen molar-refractivity contribution in [2.75, 3.05) is 0 Å². The summed E-state index contributed by atoms with van der Waals surface area (Å²) in [5.74, 6) is 1.27. The van der Waals surface area contributed by atoms with Gasteiger partial charge in [0.2, 0.25) is 0 Å². The van der Waals surface area contributed by atoms with Crippen LogP contribution in [0.4, 0.5) is 0 Å². The average Bonchev–Trinajstić information content (AvgIpc) is 2.49. The molecule has 0 aromatic rings. The maximum Gasteiger partial charge on any atom is 0.0675 e. The van der Waals surface area contributed by atoms with E-state index in [2.05, 4.69) is 20.8 Å². The van der Waals surface area contributed by atoms with Gasteiger partial charge in [0.1, 0.15) is 0 Å². The molecule has 1 aliphatic carbocycles. The molecule has 1 aliphatic rings. The van der Waals surface area contributed by atoms with Crippen LogP contribution in [-0.4, -0.2) is 10.7 Å². The van der Waals surface area contributed by atoms with E-state index < -0.39 is 0 Å². The maximum atomic E-state index is 10.4. The summed E-state index contributed by atoms with van der Waals surface area (Å²) in [5.41, 5.74) is -0.325. The van der Waals surface area contributed by atoms with E-state index in [0.717, 1.165) is 12.8 Å². The first kappa shape index (κ1) is 11.0. The molecule has 1 saturated carbocycles. The van der Waals surface area contributed by atoms with E-state index >= 15 is 0 Å². The second-order valence-corrected chi connectivity index (χ2v) is 4.72. The molecule has 0 heterocycles. The third kappa shape index (κ3) is 2.25. The molecule has 1 nitrogen and oxygen atoms in total. The van der Waals surface area contributed by atoms with E-state index in [9.17, 15) is 5.11 Å². The topological polar surface area (TPSA) is 20.2 Å². The van der Waals surface area contributed by atoms with Crippen LogP contribution in [0.2, 0.25) is 0 Å². The Morgan fingerprint density at radius 1 is 1.46 bits per heavy atom. The number of aliphatic hydroxyl groups is 1. The monoisotopic (exact) mass is 184 g/mol. The quantitative estimate of drug-likeness (QED) is 0.710. The Bertz CT molecular complexity index is 155. The fourth-order valence-electron chi connectivity index (χ4n) is 2.99. The summed E-state index contributed by atoms with van der Waals surface area (Å²) in [6, 6.07) is 0. The second-order valence-electron chi connectivity index (χ2n) is 4.72. The lowest BCUT2D eigenvalue weighted by Gasteiger charge is -2.33. The Morgan fingerprint density at radius 2 is 2.15 bits per heavy atom. The SMILES string of the molecule is CCCC(C)C1CCCC1(O)CC. The summed E-state index contributed by atoms with van der Waals surface area (Å²) >= 11 is 0. The minimum atomic E-state index is -0.325. The van der Waals surface area contributed by atoms with Crippen molar-refractivity contribution in [2.24, 2.45) is 11.8 Å². The van der Waals surface area contributed by atoms with Crippen LogP contribution >= 0.6 is 0 Å². The molecular weight excluding hydrogens is 160 g/mol.